The number of rotatable bonds is 6. The Labute approximate surface area is 171 Å². The lowest BCUT2D eigenvalue weighted by molar-refractivity contribution is -0.132. The highest BCUT2D eigenvalue weighted by atomic mass is 16.2. The minimum Gasteiger partial charge on any atom is -0.350 e. The Morgan fingerprint density at radius 1 is 1.14 bits per heavy atom. The SMILES string of the molecule is C[C@H](c1cn(C)c2ccccc12)C1CN(Cc2ccccc2)CC(C(=O)C=O)N1. The molecule has 2 heterocycles. The smallest absolute Gasteiger partial charge is 0.213 e. The van der Waals surface area contributed by atoms with Gasteiger partial charge < -0.3 is 9.88 Å². The largest absolute Gasteiger partial charge is 0.350 e. The summed E-state index contributed by atoms with van der Waals surface area (Å²) in [6, 6.07) is 18.3. The van der Waals surface area contributed by atoms with Gasteiger partial charge in [0, 0.05) is 49.8 Å². The summed E-state index contributed by atoms with van der Waals surface area (Å²) in [4.78, 5) is 25.7. The number of piperazine rings is 1. The first-order chi connectivity index (χ1) is 14.1. The second kappa shape index (κ2) is 8.31. The third kappa shape index (κ3) is 4.02. The molecule has 2 unspecified atom stereocenters. The number of fused-ring (bicyclic) bond motifs is 1. The number of carbonyl (C=O) groups excluding carboxylic acids is 2. The Morgan fingerprint density at radius 2 is 1.86 bits per heavy atom. The van der Waals surface area contributed by atoms with E-state index in [1.54, 1.807) is 0 Å². The first kappa shape index (κ1) is 19.6. The van der Waals surface area contributed by atoms with Crippen LogP contribution in [0, 0.1) is 0 Å². The molecule has 0 spiro atoms. The van der Waals surface area contributed by atoms with Crippen LogP contribution < -0.4 is 5.32 Å². The number of nitrogens with zero attached hydrogens (tertiary/aromatic N) is 2. The van der Waals surface area contributed by atoms with Crippen LogP contribution in [-0.2, 0) is 23.2 Å². The van der Waals surface area contributed by atoms with Gasteiger partial charge in [-0.25, -0.2) is 0 Å². The van der Waals surface area contributed by atoms with E-state index in [-0.39, 0.29) is 17.7 Å². The number of benzene rings is 2. The summed E-state index contributed by atoms with van der Waals surface area (Å²) in [7, 11) is 2.06. The number of aldehydes is 1. The standard InChI is InChI=1S/C24H27N3O2/c1-17(20-13-26(2)23-11-7-6-10-19(20)23)21-14-27(12-18-8-4-3-5-9-18)15-22(25-21)24(29)16-28/h3-11,13,16-17,21-22,25H,12,14-15H2,1-2H3/t17-,21?,22?/m1/s1. The van der Waals surface area contributed by atoms with Crippen LogP contribution in [0.5, 0.6) is 0 Å². The van der Waals surface area contributed by atoms with Crippen molar-refractivity contribution in [2.24, 2.45) is 7.05 Å². The number of nitrogens with one attached hydrogen (secondary N) is 1. The zero-order valence-electron chi connectivity index (χ0n) is 16.9. The molecule has 29 heavy (non-hydrogen) atoms. The number of para-hydroxylation sites is 1. The van der Waals surface area contributed by atoms with Crippen LogP contribution in [0.1, 0.15) is 24.0 Å². The molecule has 150 valence electrons. The lowest BCUT2D eigenvalue weighted by Crippen LogP contribution is -2.60. The molecule has 0 radical (unpaired) electrons. The van der Waals surface area contributed by atoms with Gasteiger partial charge in [0.1, 0.15) is 0 Å². The molecule has 4 rings (SSSR count). The molecular weight excluding hydrogens is 362 g/mol. The average Bonchev–Trinajstić information content (AvgIpc) is 3.10. The van der Waals surface area contributed by atoms with Crippen molar-refractivity contribution in [1.82, 2.24) is 14.8 Å². The van der Waals surface area contributed by atoms with E-state index in [4.69, 9.17) is 0 Å². The fraction of sp³-hybridized carbons (Fsp3) is 0.333. The molecule has 1 fully saturated rings. The maximum atomic E-state index is 12.2. The average molecular weight is 389 g/mol. The van der Waals surface area contributed by atoms with Crippen LogP contribution in [-0.4, -0.2) is 46.7 Å². The quantitative estimate of drug-likeness (QED) is 0.520. The Kier molecular flexibility index (Phi) is 5.60. The van der Waals surface area contributed by atoms with E-state index >= 15 is 0 Å². The molecule has 1 aliphatic rings. The predicted octanol–water partition coefficient (Wildman–Crippen LogP) is 2.89. The highest BCUT2D eigenvalue weighted by Crippen LogP contribution is 2.31. The molecule has 0 aliphatic carbocycles. The molecule has 1 N–H and O–H groups in total. The number of hydrogen-bond donors (Lipinski definition) is 1. The zero-order valence-corrected chi connectivity index (χ0v) is 16.9. The van der Waals surface area contributed by atoms with Crippen LogP contribution in [0.2, 0.25) is 0 Å². The van der Waals surface area contributed by atoms with Crippen molar-refractivity contribution in [3.8, 4) is 0 Å². The number of carbonyl (C=O) groups is 2. The molecule has 1 saturated heterocycles. The van der Waals surface area contributed by atoms with Crippen LogP contribution in [0.25, 0.3) is 10.9 Å². The first-order valence-electron chi connectivity index (χ1n) is 10.1. The summed E-state index contributed by atoms with van der Waals surface area (Å²) in [6.07, 6.45) is 2.63. The van der Waals surface area contributed by atoms with Gasteiger partial charge in [0.05, 0.1) is 6.04 Å². The monoisotopic (exact) mass is 389 g/mol. The highest BCUT2D eigenvalue weighted by molar-refractivity contribution is 6.27. The summed E-state index contributed by atoms with van der Waals surface area (Å²) in [5, 5.41) is 4.70. The second-order valence-corrected chi connectivity index (χ2v) is 8.03. The predicted molar refractivity (Wildman–Crippen MR) is 115 cm³/mol. The van der Waals surface area contributed by atoms with E-state index in [1.807, 2.05) is 18.2 Å². The third-order valence-corrected chi connectivity index (χ3v) is 6.04. The van der Waals surface area contributed by atoms with E-state index in [0.29, 0.717) is 12.8 Å². The van der Waals surface area contributed by atoms with Gasteiger partial charge >= 0.3 is 0 Å². The Bertz CT molecular complexity index is 1010. The van der Waals surface area contributed by atoms with E-state index in [1.165, 1.54) is 22.0 Å². The summed E-state index contributed by atoms with van der Waals surface area (Å²) < 4.78 is 2.15. The van der Waals surface area contributed by atoms with Crippen molar-refractivity contribution < 1.29 is 9.59 Å². The molecule has 0 saturated carbocycles. The molecular formula is C24H27N3O2. The molecule has 5 nitrogen and oxygen atoms in total. The van der Waals surface area contributed by atoms with Crippen molar-refractivity contribution in [3.63, 3.8) is 0 Å². The van der Waals surface area contributed by atoms with Crippen molar-refractivity contribution >= 4 is 23.0 Å². The minimum absolute atomic E-state index is 0.0761. The molecule has 0 bridgehead atoms. The molecule has 2 aromatic carbocycles. The number of aromatic nitrogens is 1. The van der Waals surface area contributed by atoms with Gasteiger partial charge in [-0.15, -0.1) is 0 Å². The van der Waals surface area contributed by atoms with Crippen LogP contribution >= 0.6 is 0 Å². The van der Waals surface area contributed by atoms with Gasteiger partial charge in [-0.05, 0) is 23.1 Å². The van der Waals surface area contributed by atoms with Crippen LogP contribution in [0.4, 0.5) is 0 Å². The van der Waals surface area contributed by atoms with E-state index in [0.717, 1.165) is 13.1 Å². The number of ketones is 1. The Balaban J connectivity index is 1.61. The fourth-order valence-corrected chi connectivity index (χ4v) is 4.45. The van der Waals surface area contributed by atoms with Gasteiger partial charge in [-0.1, -0.05) is 55.5 Å². The van der Waals surface area contributed by atoms with Crippen molar-refractivity contribution in [3.05, 3.63) is 71.9 Å². The molecule has 1 aliphatic heterocycles. The van der Waals surface area contributed by atoms with Gasteiger partial charge in [0.2, 0.25) is 5.78 Å². The summed E-state index contributed by atoms with van der Waals surface area (Å²) in [5.74, 6) is -0.181. The molecule has 3 atom stereocenters. The molecule has 5 heteroatoms. The molecule has 1 aromatic heterocycles. The third-order valence-electron chi connectivity index (χ3n) is 6.04. The highest BCUT2D eigenvalue weighted by Gasteiger charge is 2.34. The van der Waals surface area contributed by atoms with Gasteiger partial charge in [-0.3, -0.25) is 14.5 Å². The Hall–Kier alpha value is -2.76. The lowest BCUT2D eigenvalue weighted by Gasteiger charge is -2.40. The maximum Gasteiger partial charge on any atom is 0.213 e. The van der Waals surface area contributed by atoms with E-state index in [9.17, 15) is 9.59 Å². The van der Waals surface area contributed by atoms with Gasteiger partial charge in [-0.2, -0.15) is 0 Å². The summed E-state index contributed by atoms with van der Waals surface area (Å²) in [5.41, 5.74) is 3.68. The van der Waals surface area contributed by atoms with Crippen LogP contribution in [0.3, 0.4) is 0 Å². The van der Waals surface area contributed by atoms with E-state index < -0.39 is 6.04 Å². The Morgan fingerprint density at radius 3 is 2.62 bits per heavy atom. The second-order valence-electron chi connectivity index (χ2n) is 8.03. The summed E-state index contributed by atoms with van der Waals surface area (Å²) >= 11 is 0. The minimum atomic E-state index is -0.465. The molecule has 3 aromatic rings. The van der Waals surface area contributed by atoms with Crippen molar-refractivity contribution in [2.45, 2.75) is 31.5 Å². The zero-order chi connectivity index (χ0) is 20.4. The van der Waals surface area contributed by atoms with Crippen molar-refractivity contribution in [1.29, 1.82) is 0 Å². The summed E-state index contributed by atoms with van der Waals surface area (Å²) in [6.45, 7) is 4.34. The maximum absolute atomic E-state index is 12.2. The lowest BCUT2D eigenvalue weighted by atomic mass is 9.89. The van der Waals surface area contributed by atoms with E-state index in [2.05, 4.69) is 71.4 Å². The number of aryl methyl sites for hydroxylation is 1. The van der Waals surface area contributed by atoms with Crippen molar-refractivity contribution in [2.75, 3.05) is 13.1 Å². The van der Waals surface area contributed by atoms with Gasteiger partial charge in [0.15, 0.2) is 6.29 Å². The molecule has 0 amide bonds. The first-order valence-corrected chi connectivity index (χ1v) is 10.1. The fourth-order valence-electron chi connectivity index (χ4n) is 4.45. The topological polar surface area (TPSA) is 54.3 Å². The van der Waals surface area contributed by atoms with Crippen LogP contribution in [0.15, 0.2) is 60.8 Å². The number of hydrogen-bond acceptors (Lipinski definition) is 4. The van der Waals surface area contributed by atoms with Gasteiger partial charge in [0.25, 0.3) is 0 Å². The normalized spacial score (nSPS) is 21.2. The number of Topliss-reactive ketones (excluding diaryl/α,β-unsaturated/α-hetero) is 1.